The van der Waals surface area contributed by atoms with E-state index in [9.17, 15) is 8.42 Å². The van der Waals surface area contributed by atoms with Crippen molar-refractivity contribution in [1.29, 1.82) is 0 Å². The first kappa shape index (κ1) is 14.1. The molecule has 2 aromatic rings. The van der Waals surface area contributed by atoms with Crippen molar-refractivity contribution in [3.63, 3.8) is 0 Å². The third kappa shape index (κ3) is 2.83. The summed E-state index contributed by atoms with van der Waals surface area (Å²) in [4.78, 5) is 3.78. The number of hydrogen-bond donors (Lipinski definition) is 2. The smallest absolute Gasteiger partial charge is 0.273 e. The Kier molecular flexibility index (Phi) is 3.98. The number of thiazole rings is 1. The Bertz CT molecular complexity index is 671. The average molecular weight is 318 g/mol. The standard InChI is InChI=1S/C11H11N3O2S2.ClH/c15-18(16,11-6-12-7-17-11)14-9-1-2-10-8(5-9)3-4-13-10;/h1-2,5-7,13-14H,3-4H2;1H. The first-order valence-electron chi connectivity index (χ1n) is 5.43. The molecule has 2 heterocycles. The van der Waals surface area contributed by atoms with Crippen molar-refractivity contribution in [2.24, 2.45) is 0 Å². The SMILES string of the molecule is Cl.O=S(=O)(Nc1ccc2c(c1)CCN2)c1cncs1. The first-order chi connectivity index (χ1) is 8.65. The fourth-order valence-electron chi connectivity index (χ4n) is 1.91. The summed E-state index contributed by atoms with van der Waals surface area (Å²) in [5.74, 6) is 0. The summed E-state index contributed by atoms with van der Waals surface area (Å²) in [6, 6.07) is 5.52. The monoisotopic (exact) mass is 317 g/mol. The second-order valence-electron chi connectivity index (χ2n) is 3.97. The van der Waals surface area contributed by atoms with Gasteiger partial charge in [-0.05, 0) is 30.2 Å². The Morgan fingerprint density at radius 3 is 2.95 bits per heavy atom. The van der Waals surface area contributed by atoms with Gasteiger partial charge in [0.1, 0.15) is 0 Å². The average Bonchev–Trinajstić information content (AvgIpc) is 2.99. The van der Waals surface area contributed by atoms with E-state index in [0.717, 1.165) is 35.6 Å². The Morgan fingerprint density at radius 1 is 1.37 bits per heavy atom. The fourth-order valence-corrected chi connectivity index (χ4v) is 3.76. The van der Waals surface area contributed by atoms with Gasteiger partial charge in [0.25, 0.3) is 10.0 Å². The van der Waals surface area contributed by atoms with Gasteiger partial charge in [-0.1, -0.05) is 0 Å². The van der Waals surface area contributed by atoms with Crippen LogP contribution < -0.4 is 10.0 Å². The molecular weight excluding hydrogens is 306 g/mol. The van der Waals surface area contributed by atoms with E-state index in [4.69, 9.17) is 0 Å². The van der Waals surface area contributed by atoms with E-state index in [2.05, 4.69) is 15.0 Å². The lowest BCUT2D eigenvalue weighted by Crippen LogP contribution is -2.11. The zero-order valence-electron chi connectivity index (χ0n) is 9.79. The molecule has 0 atom stereocenters. The lowest BCUT2D eigenvalue weighted by atomic mass is 10.1. The summed E-state index contributed by atoms with van der Waals surface area (Å²) in [5, 5.41) is 3.23. The molecule has 0 saturated carbocycles. The van der Waals surface area contributed by atoms with Gasteiger partial charge in [-0.25, -0.2) is 8.42 Å². The van der Waals surface area contributed by atoms with Crippen LogP contribution in [0.4, 0.5) is 11.4 Å². The Hall–Kier alpha value is -1.31. The maximum Gasteiger partial charge on any atom is 0.273 e. The fraction of sp³-hybridized carbons (Fsp3) is 0.182. The number of rotatable bonds is 3. The third-order valence-electron chi connectivity index (χ3n) is 2.74. The van der Waals surface area contributed by atoms with E-state index in [1.165, 1.54) is 11.7 Å². The van der Waals surface area contributed by atoms with Crippen molar-refractivity contribution in [1.82, 2.24) is 4.98 Å². The largest absolute Gasteiger partial charge is 0.384 e. The summed E-state index contributed by atoms with van der Waals surface area (Å²) in [6.07, 6.45) is 2.27. The van der Waals surface area contributed by atoms with Crippen LogP contribution in [0.2, 0.25) is 0 Å². The van der Waals surface area contributed by atoms with Crippen molar-refractivity contribution in [2.75, 3.05) is 16.6 Å². The first-order valence-corrected chi connectivity index (χ1v) is 7.79. The summed E-state index contributed by atoms with van der Waals surface area (Å²) >= 11 is 1.10. The molecule has 19 heavy (non-hydrogen) atoms. The number of fused-ring (bicyclic) bond motifs is 1. The van der Waals surface area contributed by atoms with Crippen molar-refractivity contribution in [2.45, 2.75) is 10.6 Å². The van der Waals surface area contributed by atoms with E-state index in [1.54, 1.807) is 6.07 Å². The minimum Gasteiger partial charge on any atom is -0.384 e. The third-order valence-corrected chi connectivity index (χ3v) is 5.39. The molecule has 3 rings (SSSR count). The van der Waals surface area contributed by atoms with E-state index in [0.29, 0.717) is 5.69 Å². The predicted octanol–water partition coefficient (Wildman–Crippen LogP) is 2.33. The molecule has 1 aromatic heterocycles. The maximum atomic E-state index is 12.0. The number of hydrogen-bond acceptors (Lipinski definition) is 5. The molecule has 0 amide bonds. The second-order valence-corrected chi connectivity index (χ2v) is 6.77. The van der Waals surface area contributed by atoms with Gasteiger partial charge < -0.3 is 5.32 Å². The number of aromatic nitrogens is 1. The molecule has 2 N–H and O–H groups in total. The quantitative estimate of drug-likeness (QED) is 0.911. The van der Waals surface area contributed by atoms with Gasteiger partial charge in [0.2, 0.25) is 0 Å². The lowest BCUT2D eigenvalue weighted by Gasteiger charge is -2.07. The number of halogens is 1. The van der Waals surface area contributed by atoms with E-state index in [-0.39, 0.29) is 16.6 Å². The lowest BCUT2D eigenvalue weighted by molar-refractivity contribution is 0.603. The van der Waals surface area contributed by atoms with Crippen molar-refractivity contribution >= 4 is 45.1 Å². The number of anilines is 2. The van der Waals surface area contributed by atoms with Crippen LogP contribution in [0.15, 0.2) is 34.1 Å². The molecule has 0 radical (unpaired) electrons. The molecule has 1 aliphatic heterocycles. The van der Waals surface area contributed by atoms with Crippen LogP contribution in [0, 0.1) is 0 Å². The summed E-state index contributed by atoms with van der Waals surface area (Å²) < 4.78 is 26.8. The predicted molar refractivity (Wildman–Crippen MR) is 78.8 cm³/mol. The highest BCUT2D eigenvalue weighted by atomic mass is 35.5. The van der Waals surface area contributed by atoms with Gasteiger partial charge >= 0.3 is 0 Å². The Labute approximate surface area is 121 Å². The summed E-state index contributed by atoms with van der Waals surface area (Å²) in [5.41, 5.74) is 4.31. The zero-order valence-corrected chi connectivity index (χ0v) is 12.2. The number of nitrogens with one attached hydrogen (secondary N) is 2. The van der Waals surface area contributed by atoms with Crippen LogP contribution in [-0.2, 0) is 16.4 Å². The molecule has 0 saturated heterocycles. The molecule has 0 bridgehead atoms. The summed E-state index contributed by atoms with van der Waals surface area (Å²) in [6.45, 7) is 0.903. The maximum absolute atomic E-state index is 12.0. The van der Waals surface area contributed by atoms with E-state index >= 15 is 0 Å². The van der Waals surface area contributed by atoms with Crippen LogP contribution in [0.5, 0.6) is 0 Å². The van der Waals surface area contributed by atoms with E-state index in [1.807, 2.05) is 12.1 Å². The van der Waals surface area contributed by atoms with Crippen LogP contribution in [-0.4, -0.2) is 19.9 Å². The van der Waals surface area contributed by atoms with Gasteiger partial charge in [0.15, 0.2) is 4.21 Å². The molecule has 102 valence electrons. The van der Waals surface area contributed by atoms with Gasteiger partial charge in [-0.3, -0.25) is 9.71 Å². The molecule has 0 aliphatic carbocycles. The molecule has 0 spiro atoms. The second kappa shape index (κ2) is 5.36. The highest BCUT2D eigenvalue weighted by Crippen LogP contribution is 2.27. The normalized spacial score (nSPS) is 13.3. The number of sulfonamides is 1. The topological polar surface area (TPSA) is 71.1 Å². The molecule has 8 heteroatoms. The van der Waals surface area contributed by atoms with E-state index < -0.39 is 10.0 Å². The van der Waals surface area contributed by atoms with Crippen molar-refractivity contribution < 1.29 is 8.42 Å². The molecule has 1 aromatic carbocycles. The number of nitrogens with zero attached hydrogens (tertiary/aromatic N) is 1. The zero-order chi connectivity index (χ0) is 12.6. The number of benzene rings is 1. The highest BCUT2D eigenvalue weighted by molar-refractivity contribution is 7.94. The minimum atomic E-state index is -3.50. The molecule has 1 aliphatic rings. The van der Waals surface area contributed by atoms with Gasteiger partial charge in [0, 0.05) is 17.9 Å². The minimum absolute atomic E-state index is 0. The molecule has 5 nitrogen and oxygen atoms in total. The molecular formula is C11H12ClN3O2S2. The molecule has 0 unspecified atom stereocenters. The van der Waals surface area contributed by atoms with Crippen molar-refractivity contribution in [3.05, 3.63) is 35.5 Å². The van der Waals surface area contributed by atoms with Crippen LogP contribution in [0.1, 0.15) is 5.56 Å². The van der Waals surface area contributed by atoms with Gasteiger partial charge in [-0.15, -0.1) is 23.7 Å². The van der Waals surface area contributed by atoms with Crippen LogP contribution in [0.25, 0.3) is 0 Å². The molecule has 0 fully saturated rings. The Balaban J connectivity index is 0.00000133. The van der Waals surface area contributed by atoms with Crippen LogP contribution >= 0.6 is 23.7 Å². The van der Waals surface area contributed by atoms with Crippen molar-refractivity contribution in [3.8, 4) is 0 Å². The van der Waals surface area contributed by atoms with Gasteiger partial charge in [0.05, 0.1) is 11.7 Å². The Morgan fingerprint density at radius 2 is 2.21 bits per heavy atom. The van der Waals surface area contributed by atoms with Crippen LogP contribution in [0.3, 0.4) is 0 Å². The van der Waals surface area contributed by atoms with Gasteiger partial charge in [-0.2, -0.15) is 0 Å². The highest BCUT2D eigenvalue weighted by Gasteiger charge is 2.17. The summed E-state index contributed by atoms with van der Waals surface area (Å²) in [7, 11) is -3.50.